The van der Waals surface area contributed by atoms with Gasteiger partial charge in [0.2, 0.25) is 0 Å². The molecule has 0 aromatic carbocycles. The summed E-state index contributed by atoms with van der Waals surface area (Å²) in [6, 6.07) is 0. The van der Waals surface area contributed by atoms with Gasteiger partial charge in [-0.3, -0.25) is 0 Å². The van der Waals surface area contributed by atoms with Crippen LogP contribution in [0.25, 0.3) is 0 Å². The Balaban J connectivity index is 4.31. The van der Waals surface area contributed by atoms with Crippen LogP contribution >= 0.6 is 0 Å². The van der Waals surface area contributed by atoms with Crippen LogP contribution in [0.3, 0.4) is 0 Å². The minimum absolute atomic E-state index is 0.106. The molecule has 0 heterocycles. The monoisotopic (exact) mass is 184 g/mol. The van der Waals surface area contributed by atoms with Crippen LogP contribution in [0.2, 0.25) is 13.1 Å². The highest BCUT2D eigenvalue weighted by Crippen LogP contribution is 2.22. The highest BCUT2D eigenvalue weighted by atomic mass is 28.3. The molecule has 0 amide bonds. The van der Waals surface area contributed by atoms with Crippen molar-refractivity contribution in [1.82, 2.24) is 0 Å². The molecule has 0 rings (SSSR count). The Kier molecular flexibility index (Phi) is 4.58. The zero-order valence-electron chi connectivity index (χ0n) is 9.06. The molecule has 0 fully saturated rings. The van der Waals surface area contributed by atoms with E-state index >= 15 is 0 Å². The van der Waals surface area contributed by atoms with Gasteiger partial charge in [0.05, 0.1) is 0 Å². The van der Waals surface area contributed by atoms with E-state index in [0.29, 0.717) is 0 Å². The van der Waals surface area contributed by atoms with Crippen molar-refractivity contribution in [2.75, 3.05) is 0 Å². The van der Waals surface area contributed by atoms with Crippen molar-refractivity contribution in [3.05, 3.63) is 0 Å². The standard InChI is InChI=1S/C10H20OSi/c1-7-8-9(10(2,3)4)11-12(5)6/h9,12H,1-6H3. The van der Waals surface area contributed by atoms with E-state index in [0.717, 1.165) is 0 Å². The van der Waals surface area contributed by atoms with Gasteiger partial charge in [-0.25, -0.2) is 0 Å². The first-order chi connectivity index (χ1) is 5.38. The van der Waals surface area contributed by atoms with Gasteiger partial charge in [0.1, 0.15) is 6.10 Å². The summed E-state index contributed by atoms with van der Waals surface area (Å²) >= 11 is 0. The zero-order valence-corrected chi connectivity index (χ0v) is 10.2. The number of hydrogen-bond acceptors (Lipinski definition) is 1. The van der Waals surface area contributed by atoms with E-state index in [-0.39, 0.29) is 11.5 Å². The predicted molar refractivity (Wildman–Crippen MR) is 56.7 cm³/mol. The quantitative estimate of drug-likeness (QED) is 0.473. The highest BCUT2D eigenvalue weighted by Gasteiger charge is 2.23. The lowest BCUT2D eigenvalue weighted by atomic mass is 9.90. The molecule has 0 aliphatic heterocycles. The van der Waals surface area contributed by atoms with Crippen LogP contribution in [0.15, 0.2) is 0 Å². The fourth-order valence-electron chi connectivity index (χ4n) is 0.858. The van der Waals surface area contributed by atoms with Crippen molar-refractivity contribution >= 4 is 9.04 Å². The average molecular weight is 184 g/mol. The summed E-state index contributed by atoms with van der Waals surface area (Å²) in [5, 5.41) is 0. The Bertz CT molecular complexity index is 180. The largest absolute Gasteiger partial charge is 0.406 e. The van der Waals surface area contributed by atoms with Crippen LogP contribution in [0.1, 0.15) is 27.7 Å². The van der Waals surface area contributed by atoms with Gasteiger partial charge in [0.15, 0.2) is 9.04 Å². The molecule has 0 N–H and O–H groups in total. The summed E-state index contributed by atoms with van der Waals surface area (Å²) < 4.78 is 5.82. The lowest BCUT2D eigenvalue weighted by Gasteiger charge is -2.28. The van der Waals surface area contributed by atoms with Crippen LogP contribution in [-0.2, 0) is 4.43 Å². The molecule has 0 saturated heterocycles. The third-order valence-electron chi connectivity index (χ3n) is 1.47. The summed E-state index contributed by atoms with van der Waals surface area (Å²) in [5.41, 5.74) is 0.139. The fraction of sp³-hybridized carbons (Fsp3) is 0.800. The molecular weight excluding hydrogens is 164 g/mol. The van der Waals surface area contributed by atoms with Crippen molar-refractivity contribution < 1.29 is 4.43 Å². The predicted octanol–water partition coefficient (Wildman–Crippen LogP) is 2.42. The molecule has 0 aromatic heterocycles. The molecule has 0 aliphatic rings. The Morgan fingerprint density at radius 2 is 1.75 bits per heavy atom. The Hall–Kier alpha value is -0.263. The molecule has 12 heavy (non-hydrogen) atoms. The first kappa shape index (κ1) is 11.7. The van der Waals surface area contributed by atoms with E-state index in [9.17, 15) is 0 Å². The molecule has 0 aliphatic carbocycles. The first-order valence-electron chi connectivity index (χ1n) is 4.45. The Labute approximate surface area is 78.2 Å². The maximum atomic E-state index is 5.82. The minimum atomic E-state index is -0.962. The van der Waals surface area contributed by atoms with Crippen molar-refractivity contribution in [3.8, 4) is 11.8 Å². The van der Waals surface area contributed by atoms with Gasteiger partial charge >= 0.3 is 0 Å². The molecule has 0 spiro atoms. The fourth-order valence-corrected chi connectivity index (χ4v) is 1.88. The molecule has 0 aromatic rings. The Morgan fingerprint density at radius 1 is 1.25 bits per heavy atom. The van der Waals surface area contributed by atoms with Gasteiger partial charge in [-0.2, -0.15) is 0 Å². The van der Waals surface area contributed by atoms with Crippen molar-refractivity contribution in [2.24, 2.45) is 5.41 Å². The molecule has 1 atom stereocenters. The van der Waals surface area contributed by atoms with E-state index in [1.165, 1.54) is 0 Å². The maximum absolute atomic E-state index is 5.82. The van der Waals surface area contributed by atoms with Gasteiger partial charge in [0.25, 0.3) is 0 Å². The second-order valence-electron chi connectivity index (χ2n) is 4.33. The van der Waals surface area contributed by atoms with Crippen LogP contribution in [0.4, 0.5) is 0 Å². The molecular formula is C10H20OSi. The summed E-state index contributed by atoms with van der Waals surface area (Å²) in [6.07, 6.45) is 0.106. The number of hydrogen-bond donors (Lipinski definition) is 0. The van der Waals surface area contributed by atoms with Crippen molar-refractivity contribution in [2.45, 2.75) is 46.9 Å². The van der Waals surface area contributed by atoms with Gasteiger partial charge in [-0.05, 0) is 25.4 Å². The molecule has 1 nitrogen and oxygen atoms in total. The van der Waals surface area contributed by atoms with E-state index in [1.807, 2.05) is 6.92 Å². The summed E-state index contributed by atoms with van der Waals surface area (Å²) in [4.78, 5) is 0. The number of rotatable bonds is 2. The van der Waals surface area contributed by atoms with Crippen LogP contribution < -0.4 is 0 Å². The van der Waals surface area contributed by atoms with Gasteiger partial charge in [-0.15, -0.1) is 5.92 Å². The van der Waals surface area contributed by atoms with Gasteiger partial charge in [0, 0.05) is 0 Å². The van der Waals surface area contributed by atoms with E-state index in [1.54, 1.807) is 0 Å². The van der Waals surface area contributed by atoms with Gasteiger partial charge in [-0.1, -0.05) is 26.7 Å². The molecule has 0 radical (unpaired) electrons. The normalized spacial score (nSPS) is 13.9. The van der Waals surface area contributed by atoms with Crippen LogP contribution in [0, 0.1) is 17.3 Å². The zero-order chi connectivity index (χ0) is 9.78. The summed E-state index contributed by atoms with van der Waals surface area (Å²) in [7, 11) is -0.962. The van der Waals surface area contributed by atoms with E-state index < -0.39 is 9.04 Å². The molecule has 2 heteroatoms. The molecule has 1 unspecified atom stereocenters. The van der Waals surface area contributed by atoms with E-state index in [2.05, 4.69) is 45.7 Å². The molecule has 0 bridgehead atoms. The summed E-state index contributed by atoms with van der Waals surface area (Å²) in [5.74, 6) is 6.04. The second-order valence-corrected chi connectivity index (χ2v) is 6.69. The first-order valence-corrected chi connectivity index (χ1v) is 7.23. The maximum Gasteiger partial charge on any atom is 0.172 e. The van der Waals surface area contributed by atoms with E-state index in [4.69, 9.17) is 4.43 Å². The Morgan fingerprint density at radius 3 is 2.00 bits per heavy atom. The smallest absolute Gasteiger partial charge is 0.172 e. The van der Waals surface area contributed by atoms with Crippen molar-refractivity contribution in [1.29, 1.82) is 0 Å². The third kappa shape index (κ3) is 4.58. The van der Waals surface area contributed by atoms with Crippen LogP contribution in [-0.4, -0.2) is 15.1 Å². The van der Waals surface area contributed by atoms with Crippen LogP contribution in [0.5, 0.6) is 0 Å². The lowest BCUT2D eigenvalue weighted by molar-refractivity contribution is 0.138. The lowest BCUT2D eigenvalue weighted by Crippen LogP contribution is -2.31. The second kappa shape index (κ2) is 4.69. The third-order valence-corrected chi connectivity index (χ3v) is 2.29. The summed E-state index contributed by atoms with van der Waals surface area (Å²) in [6.45, 7) is 12.7. The topological polar surface area (TPSA) is 9.23 Å². The minimum Gasteiger partial charge on any atom is -0.406 e. The SMILES string of the molecule is CC#CC(O[SiH](C)C)C(C)(C)C. The molecule has 0 saturated carbocycles. The average Bonchev–Trinajstić information content (AvgIpc) is 1.83. The highest BCUT2D eigenvalue weighted by molar-refractivity contribution is 6.48. The van der Waals surface area contributed by atoms with Crippen molar-refractivity contribution in [3.63, 3.8) is 0 Å². The molecule has 70 valence electrons. The van der Waals surface area contributed by atoms with Gasteiger partial charge < -0.3 is 4.43 Å².